The number of carbonyl (C=O) groups excluding carboxylic acids is 3. The standard InChI is InChI=1S/C24H32N4O5/c1-13-9-17(28(12-13)24(31)14(2)15(3)32-4)10-16-11-26-22-21(16)18(7-8-25-22)27-23(30)19-5-6-20(29)33-19/h7-8,11,13-15,17,19H,5-6,9-10,12H2,1-4H3,(H2,25,26,27,30)/t13-,14-,15+,17?,19?/m0/s1. The van der Waals surface area contributed by atoms with Crippen LogP contribution in [0.2, 0.25) is 0 Å². The first-order valence-electron chi connectivity index (χ1n) is 11.6. The average Bonchev–Trinajstić information content (AvgIpc) is 3.51. The smallest absolute Gasteiger partial charge is 0.306 e. The monoisotopic (exact) mass is 456 g/mol. The van der Waals surface area contributed by atoms with Gasteiger partial charge in [0.15, 0.2) is 6.10 Å². The highest BCUT2D eigenvalue weighted by Crippen LogP contribution is 2.32. The summed E-state index contributed by atoms with van der Waals surface area (Å²) in [5.74, 6) is -0.406. The van der Waals surface area contributed by atoms with E-state index in [0.29, 0.717) is 30.1 Å². The number of ether oxygens (including phenoxy) is 2. The number of hydrogen-bond acceptors (Lipinski definition) is 6. The molecule has 4 rings (SSSR count). The Morgan fingerprint density at radius 2 is 2.18 bits per heavy atom. The number of pyridine rings is 1. The van der Waals surface area contributed by atoms with Crippen LogP contribution in [-0.4, -0.2) is 64.6 Å². The van der Waals surface area contributed by atoms with E-state index in [1.807, 2.05) is 24.9 Å². The average molecular weight is 457 g/mol. The van der Waals surface area contributed by atoms with E-state index in [2.05, 4.69) is 22.2 Å². The third-order valence-electron chi connectivity index (χ3n) is 6.92. The summed E-state index contributed by atoms with van der Waals surface area (Å²) in [5, 5.41) is 3.73. The number of H-pyrrole nitrogens is 1. The molecule has 4 heterocycles. The SMILES string of the molecule is CO[C@H](C)[C@H](C)C(=O)N1C[C@@H](C)CC1Cc1c[nH]c2nccc(NC(=O)C3CCC(=O)O3)c12. The van der Waals surface area contributed by atoms with Crippen molar-refractivity contribution in [1.82, 2.24) is 14.9 Å². The maximum absolute atomic E-state index is 13.2. The molecule has 2 amide bonds. The van der Waals surface area contributed by atoms with E-state index in [1.165, 1.54) is 0 Å². The van der Waals surface area contributed by atoms with Crippen molar-refractivity contribution < 1.29 is 23.9 Å². The summed E-state index contributed by atoms with van der Waals surface area (Å²) >= 11 is 0. The van der Waals surface area contributed by atoms with Gasteiger partial charge in [0.25, 0.3) is 5.91 Å². The molecule has 9 nitrogen and oxygen atoms in total. The van der Waals surface area contributed by atoms with Gasteiger partial charge in [-0.05, 0) is 37.3 Å². The van der Waals surface area contributed by atoms with Crippen LogP contribution < -0.4 is 5.32 Å². The topological polar surface area (TPSA) is 114 Å². The molecule has 2 N–H and O–H groups in total. The molecule has 2 fully saturated rings. The van der Waals surface area contributed by atoms with Gasteiger partial charge in [-0.3, -0.25) is 14.4 Å². The zero-order valence-corrected chi connectivity index (χ0v) is 19.6. The summed E-state index contributed by atoms with van der Waals surface area (Å²) in [5.41, 5.74) is 2.27. The van der Waals surface area contributed by atoms with E-state index in [0.717, 1.165) is 23.9 Å². The van der Waals surface area contributed by atoms with Crippen LogP contribution in [0.1, 0.15) is 45.6 Å². The Morgan fingerprint density at radius 3 is 2.88 bits per heavy atom. The van der Waals surface area contributed by atoms with Gasteiger partial charge < -0.3 is 24.7 Å². The number of nitrogens with zero attached hydrogens (tertiary/aromatic N) is 2. The van der Waals surface area contributed by atoms with Gasteiger partial charge >= 0.3 is 5.97 Å². The van der Waals surface area contributed by atoms with E-state index in [9.17, 15) is 14.4 Å². The van der Waals surface area contributed by atoms with Crippen LogP contribution in [0.3, 0.4) is 0 Å². The number of cyclic esters (lactones) is 1. The maximum atomic E-state index is 13.2. The molecule has 2 unspecified atom stereocenters. The van der Waals surface area contributed by atoms with Gasteiger partial charge in [-0.2, -0.15) is 0 Å². The van der Waals surface area contributed by atoms with Crippen molar-refractivity contribution in [2.45, 2.75) is 64.7 Å². The Morgan fingerprint density at radius 1 is 1.39 bits per heavy atom. The van der Waals surface area contributed by atoms with Crippen molar-refractivity contribution in [2.24, 2.45) is 11.8 Å². The van der Waals surface area contributed by atoms with Crippen molar-refractivity contribution >= 4 is 34.5 Å². The molecule has 0 aliphatic carbocycles. The minimum Gasteiger partial charge on any atom is -0.452 e. The molecule has 0 bridgehead atoms. The Balaban J connectivity index is 1.56. The third kappa shape index (κ3) is 4.73. The first-order valence-corrected chi connectivity index (χ1v) is 11.6. The molecule has 0 saturated carbocycles. The minimum absolute atomic E-state index is 0.0533. The van der Waals surface area contributed by atoms with Crippen LogP contribution in [0.15, 0.2) is 18.5 Å². The van der Waals surface area contributed by atoms with Gasteiger partial charge in [-0.15, -0.1) is 0 Å². The van der Waals surface area contributed by atoms with Crippen LogP contribution in [0.4, 0.5) is 5.69 Å². The predicted octanol–water partition coefficient (Wildman–Crippen LogP) is 2.66. The summed E-state index contributed by atoms with van der Waals surface area (Å²) in [4.78, 5) is 46.8. The molecule has 0 spiro atoms. The summed E-state index contributed by atoms with van der Waals surface area (Å²) in [6, 6.07) is 1.80. The lowest BCUT2D eigenvalue weighted by Crippen LogP contribution is -2.43. The molecule has 0 radical (unpaired) electrons. The van der Waals surface area contributed by atoms with Crippen LogP contribution >= 0.6 is 0 Å². The Hall–Kier alpha value is -2.94. The molecule has 2 saturated heterocycles. The van der Waals surface area contributed by atoms with Crippen molar-refractivity contribution in [3.8, 4) is 0 Å². The summed E-state index contributed by atoms with van der Waals surface area (Å²) < 4.78 is 10.5. The molecule has 2 aliphatic heterocycles. The van der Waals surface area contributed by atoms with E-state index < -0.39 is 6.10 Å². The van der Waals surface area contributed by atoms with Crippen LogP contribution in [0.5, 0.6) is 0 Å². The molecular weight excluding hydrogens is 424 g/mol. The third-order valence-corrected chi connectivity index (χ3v) is 6.92. The van der Waals surface area contributed by atoms with Crippen molar-refractivity contribution in [3.63, 3.8) is 0 Å². The number of anilines is 1. The van der Waals surface area contributed by atoms with Crippen molar-refractivity contribution in [1.29, 1.82) is 0 Å². The van der Waals surface area contributed by atoms with Crippen molar-refractivity contribution in [2.75, 3.05) is 19.0 Å². The summed E-state index contributed by atoms with van der Waals surface area (Å²) in [6.07, 6.45) is 4.80. The predicted molar refractivity (Wildman–Crippen MR) is 122 cm³/mol. The van der Waals surface area contributed by atoms with Gasteiger partial charge in [0.05, 0.1) is 17.7 Å². The second kappa shape index (κ2) is 9.51. The van der Waals surface area contributed by atoms with Crippen LogP contribution in [0.25, 0.3) is 11.0 Å². The van der Waals surface area contributed by atoms with Gasteiger partial charge in [-0.25, -0.2) is 4.98 Å². The van der Waals surface area contributed by atoms with E-state index >= 15 is 0 Å². The lowest BCUT2D eigenvalue weighted by atomic mass is 9.99. The number of likely N-dealkylation sites (tertiary alicyclic amines) is 1. The second-order valence-corrected chi connectivity index (χ2v) is 9.32. The van der Waals surface area contributed by atoms with E-state index in [4.69, 9.17) is 9.47 Å². The molecule has 5 atom stereocenters. The number of aromatic amines is 1. The van der Waals surface area contributed by atoms with Gasteiger partial charge in [0, 0.05) is 50.3 Å². The van der Waals surface area contributed by atoms with E-state index in [1.54, 1.807) is 19.4 Å². The number of carbonyl (C=O) groups is 3. The zero-order chi connectivity index (χ0) is 23.7. The Kier molecular flexibility index (Phi) is 6.69. The van der Waals surface area contributed by atoms with E-state index in [-0.39, 0.29) is 42.3 Å². The number of hydrogen-bond donors (Lipinski definition) is 2. The highest BCUT2D eigenvalue weighted by atomic mass is 16.6. The van der Waals surface area contributed by atoms with Gasteiger partial charge in [0.1, 0.15) is 5.65 Å². The first-order chi connectivity index (χ1) is 15.8. The van der Waals surface area contributed by atoms with Crippen molar-refractivity contribution in [3.05, 3.63) is 24.0 Å². The fraction of sp³-hybridized carbons (Fsp3) is 0.583. The van der Waals surface area contributed by atoms with Gasteiger partial charge in [-0.1, -0.05) is 13.8 Å². The Labute approximate surface area is 193 Å². The fourth-order valence-electron chi connectivity index (χ4n) is 4.85. The molecule has 9 heteroatoms. The number of esters is 1. The number of rotatable bonds is 7. The van der Waals surface area contributed by atoms with Crippen LogP contribution in [-0.2, 0) is 30.3 Å². The zero-order valence-electron chi connectivity index (χ0n) is 19.6. The molecular formula is C24H32N4O5. The Bertz CT molecular complexity index is 1050. The number of aromatic nitrogens is 2. The summed E-state index contributed by atoms with van der Waals surface area (Å²) in [6.45, 7) is 6.71. The van der Waals surface area contributed by atoms with Gasteiger partial charge in [0.2, 0.25) is 5.91 Å². The second-order valence-electron chi connectivity index (χ2n) is 9.32. The fourth-order valence-corrected chi connectivity index (χ4v) is 4.85. The first kappa shape index (κ1) is 23.2. The maximum Gasteiger partial charge on any atom is 0.306 e. The number of methoxy groups -OCH3 is 1. The lowest BCUT2D eigenvalue weighted by Gasteiger charge is -2.29. The summed E-state index contributed by atoms with van der Waals surface area (Å²) in [7, 11) is 1.62. The molecule has 178 valence electrons. The number of nitrogens with one attached hydrogen (secondary N) is 2. The quantitative estimate of drug-likeness (QED) is 0.619. The minimum atomic E-state index is -0.767. The molecule has 33 heavy (non-hydrogen) atoms. The molecule has 2 aromatic rings. The van der Waals surface area contributed by atoms with Crippen LogP contribution in [0, 0.1) is 11.8 Å². The highest BCUT2D eigenvalue weighted by Gasteiger charge is 2.37. The number of amides is 2. The lowest BCUT2D eigenvalue weighted by molar-refractivity contribution is -0.146. The molecule has 2 aliphatic rings. The molecule has 2 aromatic heterocycles. The molecule has 0 aromatic carbocycles. The number of fused-ring (bicyclic) bond motifs is 1. The normalized spacial score (nSPS) is 24.7. The largest absolute Gasteiger partial charge is 0.452 e. The highest BCUT2D eigenvalue weighted by molar-refractivity contribution is 6.04.